The van der Waals surface area contributed by atoms with Gasteiger partial charge in [0.15, 0.2) is 0 Å². The Balaban J connectivity index is 3.20. The monoisotopic (exact) mass is 148 g/mol. The molecule has 8 heavy (non-hydrogen) atoms. The van der Waals surface area contributed by atoms with Crippen LogP contribution >= 0.6 is 24.0 Å². The van der Waals surface area contributed by atoms with Crippen molar-refractivity contribution in [1.29, 1.82) is 0 Å². The van der Waals surface area contributed by atoms with Crippen LogP contribution in [0.1, 0.15) is 26.7 Å². The molecule has 0 heterocycles. The zero-order chi connectivity index (χ0) is 6.41. The van der Waals surface area contributed by atoms with E-state index < -0.39 is 0 Å². The minimum atomic E-state index is 0.757. The van der Waals surface area contributed by atoms with Gasteiger partial charge in [-0.1, -0.05) is 26.1 Å². The number of hydrogen-bond acceptors (Lipinski definition) is 2. The lowest BCUT2D eigenvalue weighted by molar-refractivity contribution is 0.796. The summed E-state index contributed by atoms with van der Waals surface area (Å²) < 4.78 is 1.76. The fourth-order valence-electron chi connectivity index (χ4n) is 0.560. The van der Waals surface area contributed by atoms with Gasteiger partial charge in [-0.05, 0) is 12.8 Å². The number of rotatable bonds is 4. The van der Waals surface area contributed by atoms with Crippen LogP contribution in [-0.4, -0.2) is 9.95 Å². The Morgan fingerprint density at radius 3 is 2.12 bits per heavy atom. The van der Waals surface area contributed by atoms with Crippen molar-refractivity contribution in [3.63, 3.8) is 0 Å². The SMILES string of the molecule is CCC(CC)SC=S. The lowest BCUT2D eigenvalue weighted by atomic mass is 10.3. The first-order valence-corrected chi connectivity index (χ1v) is 4.35. The Labute approximate surface area is 61.0 Å². The Morgan fingerprint density at radius 2 is 2.00 bits per heavy atom. The number of thioether (sulfide) groups is 1. The zero-order valence-electron chi connectivity index (χ0n) is 5.39. The Hall–Kier alpha value is 0.440. The highest BCUT2D eigenvalue weighted by Crippen LogP contribution is 2.14. The molecular formula is C6H12S2. The zero-order valence-corrected chi connectivity index (χ0v) is 7.02. The van der Waals surface area contributed by atoms with E-state index in [1.54, 1.807) is 16.5 Å². The molecule has 0 aliphatic carbocycles. The largest absolute Gasteiger partial charge is 0.119 e. The van der Waals surface area contributed by atoms with Crippen LogP contribution in [0.3, 0.4) is 0 Å². The van der Waals surface area contributed by atoms with Gasteiger partial charge in [0.1, 0.15) is 0 Å². The molecule has 0 spiro atoms. The van der Waals surface area contributed by atoms with Gasteiger partial charge >= 0.3 is 0 Å². The van der Waals surface area contributed by atoms with Crippen LogP contribution in [0.2, 0.25) is 0 Å². The third-order valence-corrected chi connectivity index (χ3v) is 2.65. The first-order valence-electron chi connectivity index (χ1n) is 2.94. The molecule has 0 nitrogen and oxygen atoms in total. The first kappa shape index (κ1) is 8.44. The molecule has 2 heteroatoms. The van der Waals surface area contributed by atoms with Crippen molar-refractivity contribution in [1.82, 2.24) is 0 Å². The van der Waals surface area contributed by atoms with Gasteiger partial charge in [-0.2, -0.15) is 0 Å². The minimum absolute atomic E-state index is 0.757. The van der Waals surface area contributed by atoms with Gasteiger partial charge < -0.3 is 0 Å². The van der Waals surface area contributed by atoms with Gasteiger partial charge in [0.25, 0.3) is 0 Å². The average molecular weight is 148 g/mol. The predicted octanol–water partition coefficient (Wildman–Crippen LogP) is 2.87. The van der Waals surface area contributed by atoms with E-state index in [0.717, 1.165) is 5.25 Å². The molecule has 0 N–H and O–H groups in total. The molecule has 0 saturated carbocycles. The summed E-state index contributed by atoms with van der Waals surface area (Å²) in [5.74, 6) is 0. The fraction of sp³-hybridized carbons (Fsp3) is 0.833. The molecule has 0 aliphatic heterocycles. The topological polar surface area (TPSA) is 0 Å². The van der Waals surface area contributed by atoms with E-state index in [1.807, 2.05) is 0 Å². The second kappa shape index (κ2) is 5.57. The van der Waals surface area contributed by atoms with E-state index >= 15 is 0 Å². The highest BCUT2D eigenvalue weighted by atomic mass is 32.2. The van der Waals surface area contributed by atoms with Crippen molar-refractivity contribution in [2.45, 2.75) is 31.9 Å². The molecule has 0 aliphatic rings. The van der Waals surface area contributed by atoms with Crippen LogP contribution in [0.15, 0.2) is 0 Å². The van der Waals surface area contributed by atoms with E-state index in [4.69, 9.17) is 12.2 Å². The number of thiocarbonyl (C=S) groups is 1. The van der Waals surface area contributed by atoms with Gasteiger partial charge in [-0.15, -0.1) is 11.8 Å². The average Bonchev–Trinajstić information content (AvgIpc) is 1.83. The summed E-state index contributed by atoms with van der Waals surface area (Å²) in [5.41, 5.74) is 0. The fourth-order valence-corrected chi connectivity index (χ4v) is 1.57. The maximum atomic E-state index is 4.70. The Morgan fingerprint density at radius 1 is 1.50 bits per heavy atom. The summed E-state index contributed by atoms with van der Waals surface area (Å²) in [7, 11) is 0. The predicted molar refractivity (Wildman–Crippen MR) is 45.6 cm³/mol. The summed E-state index contributed by atoms with van der Waals surface area (Å²) in [6.45, 7) is 4.39. The lowest BCUT2D eigenvalue weighted by Gasteiger charge is -2.05. The maximum Gasteiger partial charge on any atom is 0.0344 e. The van der Waals surface area contributed by atoms with E-state index in [-0.39, 0.29) is 0 Å². The van der Waals surface area contributed by atoms with Crippen molar-refractivity contribution < 1.29 is 0 Å². The van der Waals surface area contributed by atoms with Crippen LogP contribution in [-0.2, 0) is 0 Å². The van der Waals surface area contributed by atoms with Crippen LogP contribution in [0.25, 0.3) is 0 Å². The van der Waals surface area contributed by atoms with Gasteiger partial charge in [-0.3, -0.25) is 0 Å². The van der Waals surface area contributed by atoms with E-state index in [0.29, 0.717) is 0 Å². The normalized spacial score (nSPS) is 9.88. The van der Waals surface area contributed by atoms with E-state index in [9.17, 15) is 0 Å². The molecule has 0 radical (unpaired) electrons. The highest BCUT2D eigenvalue weighted by molar-refractivity contribution is 8.21. The standard InChI is InChI=1S/C6H12S2/c1-3-6(4-2)8-5-7/h5-6H,3-4H2,1-2H3. The molecule has 0 amide bonds. The van der Waals surface area contributed by atoms with Gasteiger partial charge in [-0.25, -0.2) is 0 Å². The smallest absolute Gasteiger partial charge is 0.0344 e. The molecule has 0 aromatic carbocycles. The molecule has 0 bridgehead atoms. The lowest BCUT2D eigenvalue weighted by Crippen LogP contribution is -1.95. The molecule has 0 aromatic rings. The van der Waals surface area contributed by atoms with Crippen molar-refractivity contribution in [2.75, 3.05) is 0 Å². The second-order valence-electron chi connectivity index (χ2n) is 1.67. The quantitative estimate of drug-likeness (QED) is 0.562. The van der Waals surface area contributed by atoms with Crippen LogP contribution in [0.4, 0.5) is 0 Å². The number of hydrogen-bond donors (Lipinski definition) is 0. The van der Waals surface area contributed by atoms with Crippen molar-refractivity contribution >= 4 is 28.7 Å². The van der Waals surface area contributed by atoms with Crippen molar-refractivity contribution in [3.05, 3.63) is 0 Å². The first-order chi connectivity index (χ1) is 3.85. The molecule has 0 saturated heterocycles. The Bertz CT molecular complexity index is 57.5. The van der Waals surface area contributed by atoms with E-state index in [1.165, 1.54) is 12.8 Å². The minimum Gasteiger partial charge on any atom is -0.119 e. The highest BCUT2D eigenvalue weighted by Gasteiger charge is 1.98. The van der Waals surface area contributed by atoms with Crippen molar-refractivity contribution in [3.8, 4) is 0 Å². The van der Waals surface area contributed by atoms with Crippen LogP contribution < -0.4 is 0 Å². The summed E-state index contributed by atoms with van der Waals surface area (Å²) in [6.07, 6.45) is 2.46. The molecular weight excluding hydrogens is 136 g/mol. The second-order valence-corrected chi connectivity index (χ2v) is 3.38. The third kappa shape index (κ3) is 3.44. The molecule has 0 rings (SSSR count). The summed E-state index contributed by atoms with van der Waals surface area (Å²) >= 11 is 6.46. The summed E-state index contributed by atoms with van der Waals surface area (Å²) in [6, 6.07) is 0. The van der Waals surface area contributed by atoms with Gasteiger partial charge in [0.2, 0.25) is 0 Å². The van der Waals surface area contributed by atoms with Crippen molar-refractivity contribution in [2.24, 2.45) is 0 Å². The van der Waals surface area contributed by atoms with E-state index in [2.05, 4.69) is 13.8 Å². The van der Waals surface area contributed by atoms with Gasteiger partial charge in [0.05, 0.1) is 0 Å². The molecule has 0 aromatic heterocycles. The summed E-state index contributed by atoms with van der Waals surface area (Å²) in [5, 5.41) is 0.757. The molecule has 0 fully saturated rings. The summed E-state index contributed by atoms with van der Waals surface area (Å²) in [4.78, 5) is 0. The maximum absolute atomic E-state index is 4.70. The third-order valence-electron chi connectivity index (χ3n) is 1.16. The van der Waals surface area contributed by atoms with Crippen LogP contribution in [0.5, 0.6) is 0 Å². The van der Waals surface area contributed by atoms with Gasteiger partial charge in [0, 0.05) is 9.95 Å². The Kier molecular flexibility index (Phi) is 5.88. The molecule has 48 valence electrons. The van der Waals surface area contributed by atoms with Crippen LogP contribution in [0, 0.1) is 0 Å². The molecule has 0 unspecified atom stereocenters. The molecule has 0 atom stereocenters.